The summed E-state index contributed by atoms with van der Waals surface area (Å²) in [6.45, 7) is 2.48. The van der Waals surface area contributed by atoms with Gasteiger partial charge in [-0.1, -0.05) is 0 Å². The normalized spacial score (nSPS) is 22.7. The molecule has 0 bridgehead atoms. The summed E-state index contributed by atoms with van der Waals surface area (Å²) in [4.78, 5) is 6.01. The summed E-state index contributed by atoms with van der Waals surface area (Å²) >= 11 is 0. The number of hydrogen-bond acceptors (Lipinski definition) is 3. The van der Waals surface area contributed by atoms with E-state index in [1.807, 2.05) is 7.05 Å². The number of alkyl halides is 3. The summed E-state index contributed by atoms with van der Waals surface area (Å²) < 4.78 is 37.1. The minimum atomic E-state index is -4.32. The Labute approximate surface area is 97.6 Å². The lowest BCUT2D eigenvalue weighted by Gasteiger charge is -2.32. The molecular formula is C11H14F3N3. The number of halogens is 3. The van der Waals surface area contributed by atoms with Crippen LogP contribution in [0, 0.1) is 0 Å². The van der Waals surface area contributed by atoms with Crippen LogP contribution in [-0.4, -0.2) is 36.6 Å². The van der Waals surface area contributed by atoms with Crippen LogP contribution in [-0.2, 0) is 6.18 Å². The highest BCUT2D eigenvalue weighted by Crippen LogP contribution is 2.29. The van der Waals surface area contributed by atoms with Gasteiger partial charge in [-0.2, -0.15) is 13.2 Å². The van der Waals surface area contributed by atoms with Crippen molar-refractivity contribution >= 4 is 0 Å². The fourth-order valence-electron chi connectivity index (χ4n) is 1.91. The van der Waals surface area contributed by atoms with Crippen molar-refractivity contribution in [3.8, 4) is 0 Å². The van der Waals surface area contributed by atoms with Crippen molar-refractivity contribution in [1.82, 2.24) is 15.2 Å². The van der Waals surface area contributed by atoms with E-state index in [4.69, 9.17) is 0 Å². The molecule has 0 radical (unpaired) electrons. The van der Waals surface area contributed by atoms with E-state index < -0.39 is 11.7 Å². The van der Waals surface area contributed by atoms with Gasteiger partial charge in [0.2, 0.25) is 0 Å². The SMILES string of the molecule is CN1CCNCC1c1ccc(C(F)(F)F)cn1. The molecule has 3 nitrogen and oxygen atoms in total. The van der Waals surface area contributed by atoms with E-state index in [2.05, 4.69) is 15.2 Å². The molecule has 1 saturated heterocycles. The number of aromatic nitrogens is 1. The quantitative estimate of drug-likeness (QED) is 0.816. The van der Waals surface area contributed by atoms with Gasteiger partial charge in [0.15, 0.2) is 0 Å². The molecule has 0 aliphatic carbocycles. The highest BCUT2D eigenvalue weighted by molar-refractivity contribution is 5.19. The fourth-order valence-corrected chi connectivity index (χ4v) is 1.91. The molecule has 1 N–H and O–H groups in total. The molecule has 0 spiro atoms. The molecule has 0 saturated carbocycles. The zero-order valence-electron chi connectivity index (χ0n) is 9.46. The van der Waals surface area contributed by atoms with Crippen LogP contribution >= 0.6 is 0 Å². The highest BCUT2D eigenvalue weighted by atomic mass is 19.4. The second kappa shape index (κ2) is 4.62. The van der Waals surface area contributed by atoms with Crippen LogP contribution in [0.2, 0.25) is 0 Å². The first-order valence-electron chi connectivity index (χ1n) is 5.42. The molecule has 2 heterocycles. The highest BCUT2D eigenvalue weighted by Gasteiger charge is 2.31. The minimum absolute atomic E-state index is 0.0473. The van der Waals surface area contributed by atoms with Crippen molar-refractivity contribution in [1.29, 1.82) is 0 Å². The predicted octanol–water partition coefficient (Wildman–Crippen LogP) is 1.68. The Kier molecular flexibility index (Phi) is 3.35. The maximum Gasteiger partial charge on any atom is 0.417 e. The lowest BCUT2D eigenvalue weighted by molar-refractivity contribution is -0.137. The number of pyridine rings is 1. The Hall–Kier alpha value is -1.14. The molecule has 1 aromatic heterocycles. The van der Waals surface area contributed by atoms with Crippen molar-refractivity contribution in [3.05, 3.63) is 29.6 Å². The van der Waals surface area contributed by atoms with Crippen molar-refractivity contribution in [2.45, 2.75) is 12.2 Å². The number of hydrogen-bond donors (Lipinski definition) is 1. The van der Waals surface area contributed by atoms with Gasteiger partial charge in [-0.25, -0.2) is 0 Å². The molecule has 6 heteroatoms. The summed E-state index contributed by atoms with van der Waals surface area (Å²) in [6, 6.07) is 2.59. The van der Waals surface area contributed by atoms with Crippen molar-refractivity contribution in [2.24, 2.45) is 0 Å². The van der Waals surface area contributed by atoms with E-state index >= 15 is 0 Å². The summed E-state index contributed by atoms with van der Waals surface area (Å²) in [5.41, 5.74) is -0.0274. The van der Waals surface area contributed by atoms with E-state index in [-0.39, 0.29) is 6.04 Å². The average molecular weight is 245 g/mol. The monoisotopic (exact) mass is 245 g/mol. The van der Waals surface area contributed by atoms with Crippen LogP contribution < -0.4 is 5.32 Å². The van der Waals surface area contributed by atoms with Gasteiger partial charge in [-0.15, -0.1) is 0 Å². The van der Waals surface area contributed by atoms with Gasteiger partial charge >= 0.3 is 6.18 Å². The molecule has 1 aromatic rings. The van der Waals surface area contributed by atoms with Gasteiger partial charge in [0.1, 0.15) is 0 Å². The molecular weight excluding hydrogens is 231 g/mol. The van der Waals surface area contributed by atoms with Crippen LogP contribution in [0.25, 0.3) is 0 Å². The van der Waals surface area contributed by atoms with Crippen molar-refractivity contribution < 1.29 is 13.2 Å². The minimum Gasteiger partial charge on any atom is -0.313 e. The van der Waals surface area contributed by atoms with Crippen LogP contribution in [0.4, 0.5) is 13.2 Å². The molecule has 94 valence electrons. The number of nitrogens with one attached hydrogen (secondary N) is 1. The van der Waals surface area contributed by atoms with Gasteiger partial charge in [-0.3, -0.25) is 9.88 Å². The van der Waals surface area contributed by atoms with Gasteiger partial charge in [-0.05, 0) is 19.2 Å². The van der Waals surface area contributed by atoms with Crippen molar-refractivity contribution in [3.63, 3.8) is 0 Å². The zero-order chi connectivity index (χ0) is 12.5. The van der Waals surface area contributed by atoms with E-state index in [9.17, 15) is 13.2 Å². The van der Waals surface area contributed by atoms with Crippen molar-refractivity contribution in [2.75, 3.05) is 26.7 Å². The third-order valence-electron chi connectivity index (χ3n) is 2.97. The Morgan fingerprint density at radius 1 is 1.41 bits per heavy atom. The summed E-state index contributed by atoms with van der Waals surface area (Å²) in [5, 5.41) is 3.20. The number of likely N-dealkylation sites (N-methyl/N-ethyl adjacent to an activating group) is 1. The molecule has 1 atom stereocenters. The molecule has 0 amide bonds. The third-order valence-corrected chi connectivity index (χ3v) is 2.97. The molecule has 1 aliphatic rings. The Morgan fingerprint density at radius 2 is 2.18 bits per heavy atom. The number of piperazine rings is 1. The molecule has 1 fully saturated rings. The average Bonchev–Trinajstić information content (AvgIpc) is 2.29. The Morgan fingerprint density at radius 3 is 2.71 bits per heavy atom. The largest absolute Gasteiger partial charge is 0.417 e. The van der Waals surface area contributed by atoms with Crippen LogP contribution in [0.1, 0.15) is 17.3 Å². The van der Waals surface area contributed by atoms with Gasteiger partial charge in [0.25, 0.3) is 0 Å². The summed E-state index contributed by atoms with van der Waals surface area (Å²) in [6.07, 6.45) is -3.42. The predicted molar refractivity (Wildman–Crippen MR) is 57.5 cm³/mol. The number of rotatable bonds is 1. The van der Waals surface area contributed by atoms with Gasteiger partial charge in [0.05, 0.1) is 17.3 Å². The maximum absolute atomic E-state index is 12.4. The molecule has 1 unspecified atom stereocenters. The lowest BCUT2D eigenvalue weighted by atomic mass is 10.1. The molecule has 0 aromatic carbocycles. The second-order valence-corrected chi connectivity index (χ2v) is 4.17. The van der Waals surface area contributed by atoms with Crippen LogP contribution in [0.5, 0.6) is 0 Å². The first-order chi connectivity index (χ1) is 7.98. The van der Waals surface area contributed by atoms with E-state index in [0.29, 0.717) is 5.69 Å². The first-order valence-corrected chi connectivity index (χ1v) is 5.42. The third kappa shape index (κ3) is 2.76. The first kappa shape index (κ1) is 12.3. The Bertz CT molecular complexity index is 375. The van der Waals surface area contributed by atoms with Crippen LogP contribution in [0.3, 0.4) is 0 Å². The molecule has 2 rings (SSSR count). The summed E-state index contributed by atoms with van der Waals surface area (Å²) in [5.74, 6) is 0. The summed E-state index contributed by atoms with van der Waals surface area (Å²) in [7, 11) is 1.95. The molecule has 17 heavy (non-hydrogen) atoms. The smallest absolute Gasteiger partial charge is 0.313 e. The van der Waals surface area contributed by atoms with Crippen LogP contribution in [0.15, 0.2) is 18.3 Å². The van der Waals surface area contributed by atoms with E-state index in [0.717, 1.165) is 31.9 Å². The van der Waals surface area contributed by atoms with E-state index in [1.54, 1.807) is 0 Å². The van der Waals surface area contributed by atoms with Gasteiger partial charge < -0.3 is 5.32 Å². The Balaban J connectivity index is 2.17. The lowest BCUT2D eigenvalue weighted by Crippen LogP contribution is -2.44. The van der Waals surface area contributed by atoms with E-state index in [1.165, 1.54) is 6.07 Å². The number of nitrogens with zero attached hydrogens (tertiary/aromatic N) is 2. The topological polar surface area (TPSA) is 28.2 Å². The maximum atomic E-state index is 12.4. The second-order valence-electron chi connectivity index (χ2n) is 4.17. The fraction of sp³-hybridized carbons (Fsp3) is 0.545. The zero-order valence-corrected chi connectivity index (χ0v) is 9.46. The molecule has 1 aliphatic heterocycles. The van der Waals surface area contributed by atoms with Gasteiger partial charge in [0, 0.05) is 25.8 Å². The standard InChI is InChI=1S/C11H14F3N3/c1-17-5-4-15-7-10(17)9-3-2-8(6-16-9)11(12,13)14/h2-3,6,10,15H,4-5,7H2,1H3.